The summed E-state index contributed by atoms with van der Waals surface area (Å²) in [5, 5.41) is 0. The normalized spacial score (nSPS) is 23.1. The summed E-state index contributed by atoms with van der Waals surface area (Å²) in [5.74, 6) is -0.523. The van der Waals surface area contributed by atoms with Gasteiger partial charge in [-0.2, -0.15) is 0 Å². The number of para-hydroxylation sites is 1. The second kappa shape index (κ2) is 4.58. The van der Waals surface area contributed by atoms with Crippen LogP contribution in [-0.4, -0.2) is 21.0 Å². The van der Waals surface area contributed by atoms with Crippen molar-refractivity contribution in [1.29, 1.82) is 0 Å². The van der Waals surface area contributed by atoms with Gasteiger partial charge in [0.15, 0.2) is 5.54 Å². The summed E-state index contributed by atoms with van der Waals surface area (Å²) >= 11 is 0. The number of hydrogen-bond acceptors (Lipinski definition) is 4. The minimum atomic E-state index is -3.79. The Morgan fingerprint density at radius 1 is 1.17 bits per heavy atom. The van der Waals surface area contributed by atoms with Crippen molar-refractivity contribution < 1.29 is 17.9 Å². The monoisotopic (exact) mass is 329 g/mol. The number of esters is 1. The molecule has 0 saturated heterocycles. The van der Waals surface area contributed by atoms with Gasteiger partial charge in [0.05, 0.1) is 17.2 Å². The van der Waals surface area contributed by atoms with Crippen LogP contribution in [0.25, 0.3) is 0 Å². The number of carbonyl (C=O) groups excluding carboxylic acids is 1. The van der Waals surface area contributed by atoms with Crippen molar-refractivity contribution >= 4 is 21.7 Å². The molecule has 0 aliphatic carbocycles. The van der Waals surface area contributed by atoms with Gasteiger partial charge in [0.25, 0.3) is 10.0 Å². The predicted molar refractivity (Wildman–Crippen MR) is 84.6 cm³/mol. The van der Waals surface area contributed by atoms with Gasteiger partial charge >= 0.3 is 5.97 Å². The fourth-order valence-corrected chi connectivity index (χ4v) is 5.64. The highest BCUT2D eigenvalue weighted by atomic mass is 32.2. The molecule has 0 N–H and O–H groups in total. The average Bonchev–Trinajstić information content (AvgIpc) is 3.00. The van der Waals surface area contributed by atoms with Gasteiger partial charge in [0.1, 0.15) is 0 Å². The highest BCUT2D eigenvalue weighted by molar-refractivity contribution is 7.93. The van der Waals surface area contributed by atoms with Crippen LogP contribution in [0.5, 0.6) is 0 Å². The molecule has 2 heterocycles. The van der Waals surface area contributed by atoms with Crippen LogP contribution in [-0.2, 0) is 31.5 Å². The summed E-state index contributed by atoms with van der Waals surface area (Å²) in [7, 11) is -3.79. The van der Waals surface area contributed by atoms with E-state index in [1.807, 2.05) is 12.1 Å². The van der Waals surface area contributed by atoms with E-state index in [0.717, 1.165) is 5.56 Å². The number of benzene rings is 2. The van der Waals surface area contributed by atoms with Crippen molar-refractivity contribution in [2.45, 2.75) is 23.8 Å². The van der Waals surface area contributed by atoms with Crippen LogP contribution < -0.4 is 4.31 Å². The molecule has 6 heteroatoms. The lowest BCUT2D eigenvalue weighted by Gasteiger charge is -2.30. The Balaban J connectivity index is 2.06. The topological polar surface area (TPSA) is 63.7 Å². The van der Waals surface area contributed by atoms with E-state index in [1.165, 1.54) is 4.31 Å². The molecule has 2 aliphatic rings. The molecule has 0 radical (unpaired) electrons. The average molecular weight is 329 g/mol. The number of nitrogens with zero attached hydrogens (tertiary/aromatic N) is 1. The molecule has 5 nitrogen and oxygen atoms in total. The van der Waals surface area contributed by atoms with Crippen LogP contribution in [0.1, 0.15) is 18.1 Å². The molecule has 0 bridgehead atoms. The summed E-state index contributed by atoms with van der Waals surface area (Å²) < 4.78 is 32.6. The molecule has 1 atom stereocenters. The van der Waals surface area contributed by atoms with Crippen molar-refractivity contribution in [2.75, 3.05) is 10.9 Å². The minimum Gasteiger partial charge on any atom is -0.464 e. The second-order valence-corrected chi connectivity index (χ2v) is 7.41. The third-order valence-electron chi connectivity index (χ3n) is 4.47. The molecular weight excluding hydrogens is 314 g/mol. The molecule has 2 aliphatic heterocycles. The predicted octanol–water partition coefficient (Wildman–Crippen LogP) is 2.21. The van der Waals surface area contributed by atoms with Crippen LogP contribution in [0.3, 0.4) is 0 Å². The van der Waals surface area contributed by atoms with Crippen molar-refractivity contribution in [2.24, 2.45) is 0 Å². The molecule has 4 rings (SSSR count). The van der Waals surface area contributed by atoms with E-state index in [2.05, 4.69) is 0 Å². The van der Waals surface area contributed by atoms with Gasteiger partial charge in [0.2, 0.25) is 0 Å². The third-order valence-corrected chi connectivity index (χ3v) is 6.37. The molecule has 0 amide bonds. The quantitative estimate of drug-likeness (QED) is 0.793. The first-order valence-electron chi connectivity index (χ1n) is 7.43. The van der Waals surface area contributed by atoms with Crippen LogP contribution in [0.4, 0.5) is 5.69 Å². The molecule has 2 aromatic carbocycles. The highest BCUT2D eigenvalue weighted by Gasteiger charge is 2.63. The molecule has 118 valence electrons. The minimum absolute atomic E-state index is 0.183. The van der Waals surface area contributed by atoms with E-state index in [9.17, 15) is 13.2 Å². The van der Waals surface area contributed by atoms with Crippen molar-refractivity contribution in [3.63, 3.8) is 0 Å². The lowest BCUT2D eigenvalue weighted by Crippen LogP contribution is -2.49. The Morgan fingerprint density at radius 3 is 2.65 bits per heavy atom. The smallest absolute Gasteiger partial charge is 0.338 e. The summed E-state index contributed by atoms with van der Waals surface area (Å²) in [6, 6.07) is 13.9. The Labute approximate surface area is 134 Å². The maximum Gasteiger partial charge on any atom is 0.338 e. The zero-order valence-corrected chi connectivity index (χ0v) is 13.3. The zero-order chi connectivity index (χ0) is 16.2. The van der Waals surface area contributed by atoms with Gasteiger partial charge in [-0.15, -0.1) is 0 Å². The zero-order valence-electron chi connectivity index (χ0n) is 12.5. The van der Waals surface area contributed by atoms with E-state index < -0.39 is 21.5 Å². The standard InChI is InChI=1S/C17H15NO4S/c1-2-22-16(19)17-11-12-7-3-5-9-14(12)18(17)23(20,21)15-10-6-4-8-13(15)17/h3-10H,2,11H2,1H3/t17-/m1/s1. The number of rotatable bonds is 2. The Kier molecular flexibility index (Phi) is 2.84. The van der Waals surface area contributed by atoms with E-state index in [0.29, 0.717) is 11.3 Å². The fraction of sp³-hybridized carbons (Fsp3) is 0.235. The molecule has 0 unspecified atom stereocenters. The van der Waals surface area contributed by atoms with E-state index in [-0.39, 0.29) is 17.9 Å². The number of anilines is 1. The maximum absolute atomic E-state index is 13.1. The molecule has 0 saturated carbocycles. The largest absolute Gasteiger partial charge is 0.464 e. The van der Waals surface area contributed by atoms with Crippen LogP contribution in [0, 0.1) is 0 Å². The Morgan fingerprint density at radius 2 is 1.87 bits per heavy atom. The number of ether oxygens (including phenoxy) is 1. The van der Waals surface area contributed by atoms with Crippen molar-refractivity contribution in [1.82, 2.24) is 0 Å². The summed E-state index contributed by atoms with van der Waals surface area (Å²) in [5.41, 5.74) is 0.555. The first kappa shape index (κ1) is 14.3. The van der Waals surface area contributed by atoms with Crippen LogP contribution in [0.15, 0.2) is 53.4 Å². The van der Waals surface area contributed by atoms with Gasteiger partial charge in [-0.1, -0.05) is 36.4 Å². The summed E-state index contributed by atoms with van der Waals surface area (Å²) in [6.07, 6.45) is 0.290. The highest BCUT2D eigenvalue weighted by Crippen LogP contribution is 2.54. The van der Waals surface area contributed by atoms with E-state index in [1.54, 1.807) is 43.3 Å². The molecule has 0 fully saturated rings. The van der Waals surface area contributed by atoms with Gasteiger partial charge < -0.3 is 4.74 Å². The van der Waals surface area contributed by atoms with Crippen LogP contribution in [0.2, 0.25) is 0 Å². The van der Waals surface area contributed by atoms with Crippen LogP contribution >= 0.6 is 0 Å². The number of sulfonamides is 1. The molecular formula is C17H15NO4S. The van der Waals surface area contributed by atoms with E-state index >= 15 is 0 Å². The number of hydrogen-bond donors (Lipinski definition) is 0. The molecule has 0 spiro atoms. The fourth-order valence-electron chi connectivity index (χ4n) is 3.60. The first-order valence-corrected chi connectivity index (χ1v) is 8.87. The third kappa shape index (κ3) is 1.61. The Bertz CT molecular complexity index is 922. The Hall–Kier alpha value is -2.34. The van der Waals surface area contributed by atoms with E-state index in [4.69, 9.17) is 4.74 Å². The van der Waals surface area contributed by atoms with Gasteiger partial charge in [0, 0.05) is 12.0 Å². The van der Waals surface area contributed by atoms with Gasteiger partial charge in [-0.25, -0.2) is 17.5 Å². The molecule has 2 aromatic rings. The number of carbonyl (C=O) groups is 1. The molecule has 23 heavy (non-hydrogen) atoms. The maximum atomic E-state index is 13.1. The lowest BCUT2D eigenvalue weighted by molar-refractivity contribution is -0.149. The van der Waals surface area contributed by atoms with Crippen molar-refractivity contribution in [3.8, 4) is 0 Å². The summed E-state index contributed by atoms with van der Waals surface area (Å²) in [6.45, 7) is 1.92. The van der Waals surface area contributed by atoms with Gasteiger partial charge in [-0.3, -0.25) is 0 Å². The SMILES string of the molecule is CCOC(=O)[C@]12Cc3ccccc3N1S(=O)(=O)c1ccccc12. The number of fused-ring (bicyclic) bond motifs is 5. The summed E-state index contributed by atoms with van der Waals surface area (Å²) in [4.78, 5) is 13.0. The van der Waals surface area contributed by atoms with Crippen molar-refractivity contribution in [3.05, 3.63) is 59.7 Å². The van der Waals surface area contributed by atoms with Gasteiger partial charge in [-0.05, 0) is 24.6 Å². The second-order valence-electron chi connectivity index (χ2n) is 5.65. The lowest BCUT2D eigenvalue weighted by atomic mass is 9.87. The first-order chi connectivity index (χ1) is 11.0. The molecule has 0 aromatic heterocycles.